The van der Waals surface area contributed by atoms with Crippen LogP contribution in [0.2, 0.25) is 0 Å². The third kappa shape index (κ3) is 2.94. The van der Waals surface area contributed by atoms with Crippen LogP contribution in [0.15, 0.2) is 46.1 Å². The van der Waals surface area contributed by atoms with Gasteiger partial charge in [-0.15, -0.1) is 0 Å². The summed E-state index contributed by atoms with van der Waals surface area (Å²) in [6.07, 6.45) is 1.32. The van der Waals surface area contributed by atoms with E-state index in [9.17, 15) is 14.4 Å². The Hall–Kier alpha value is -3.09. The van der Waals surface area contributed by atoms with Crippen molar-refractivity contribution in [3.63, 3.8) is 0 Å². The second-order valence-corrected chi connectivity index (χ2v) is 5.43. The zero-order valence-electron chi connectivity index (χ0n) is 12.8. The summed E-state index contributed by atoms with van der Waals surface area (Å²) in [6, 6.07) is 8.78. The van der Waals surface area contributed by atoms with Crippen molar-refractivity contribution in [3.05, 3.63) is 63.1 Å². The molecule has 7 nitrogen and oxygen atoms in total. The Morgan fingerprint density at radius 1 is 1.22 bits per heavy atom. The molecule has 0 unspecified atom stereocenters. The molecule has 2 heterocycles. The van der Waals surface area contributed by atoms with E-state index in [1.807, 2.05) is 25.1 Å². The minimum absolute atomic E-state index is 0.156. The van der Waals surface area contributed by atoms with Crippen LogP contribution in [0, 0.1) is 6.92 Å². The molecule has 0 bridgehead atoms. The van der Waals surface area contributed by atoms with Crippen LogP contribution in [0.3, 0.4) is 0 Å². The third-order valence-electron chi connectivity index (χ3n) is 3.61. The van der Waals surface area contributed by atoms with Gasteiger partial charge in [-0.05, 0) is 31.2 Å². The minimum atomic E-state index is -0.524. The van der Waals surface area contributed by atoms with Crippen LogP contribution < -0.4 is 16.6 Å². The number of H-pyrrole nitrogens is 1. The largest absolute Gasteiger partial charge is 0.359 e. The number of aromatic nitrogens is 3. The van der Waals surface area contributed by atoms with Crippen molar-refractivity contribution >= 4 is 22.5 Å². The number of fused-ring (bicyclic) bond motifs is 1. The standard InChI is InChI=1S/C16H16N4O3/c1-10-7-11-8-12(3-4-13(11)17-10)18-14(21)9-20-6-5-15(22)19(2)16(20)23/h3-8,17H,9H2,1-2H3,(H,18,21). The predicted molar refractivity (Wildman–Crippen MR) is 87.6 cm³/mol. The lowest BCUT2D eigenvalue weighted by molar-refractivity contribution is -0.116. The maximum Gasteiger partial charge on any atom is 0.331 e. The fourth-order valence-corrected chi connectivity index (χ4v) is 2.45. The molecule has 0 spiro atoms. The van der Waals surface area contributed by atoms with E-state index in [2.05, 4.69) is 10.3 Å². The molecule has 0 aliphatic heterocycles. The molecule has 0 atom stereocenters. The van der Waals surface area contributed by atoms with E-state index in [1.54, 1.807) is 6.07 Å². The fraction of sp³-hybridized carbons (Fsp3) is 0.188. The Balaban J connectivity index is 1.79. The van der Waals surface area contributed by atoms with E-state index in [1.165, 1.54) is 23.9 Å². The van der Waals surface area contributed by atoms with Crippen molar-refractivity contribution in [1.29, 1.82) is 0 Å². The summed E-state index contributed by atoms with van der Waals surface area (Å²) in [5, 5.41) is 3.75. The topological polar surface area (TPSA) is 88.9 Å². The van der Waals surface area contributed by atoms with Crippen LogP contribution in [0.25, 0.3) is 10.9 Å². The van der Waals surface area contributed by atoms with Crippen molar-refractivity contribution < 1.29 is 4.79 Å². The van der Waals surface area contributed by atoms with E-state index >= 15 is 0 Å². The van der Waals surface area contributed by atoms with Gasteiger partial charge < -0.3 is 10.3 Å². The van der Waals surface area contributed by atoms with Crippen molar-refractivity contribution in [3.8, 4) is 0 Å². The Bertz CT molecular complexity index is 1010. The molecule has 3 rings (SSSR count). The van der Waals surface area contributed by atoms with Gasteiger partial charge in [0.15, 0.2) is 0 Å². The number of anilines is 1. The van der Waals surface area contributed by atoms with Gasteiger partial charge in [0.1, 0.15) is 6.54 Å². The molecule has 3 aromatic rings. The van der Waals surface area contributed by atoms with Gasteiger partial charge in [-0.1, -0.05) is 0 Å². The first kappa shape index (κ1) is 14.8. The molecule has 23 heavy (non-hydrogen) atoms. The molecule has 0 aliphatic carbocycles. The second kappa shape index (κ2) is 5.60. The second-order valence-electron chi connectivity index (χ2n) is 5.43. The highest BCUT2D eigenvalue weighted by Gasteiger charge is 2.08. The summed E-state index contributed by atoms with van der Waals surface area (Å²) in [7, 11) is 1.38. The van der Waals surface area contributed by atoms with Crippen LogP contribution >= 0.6 is 0 Å². The SMILES string of the molecule is Cc1cc2cc(NC(=O)Cn3ccc(=O)n(C)c3=O)ccc2[nH]1. The number of nitrogens with zero attached hydrogens (tertiary/aromatic N) is 2. The molecule has 2 N–H and O–H groups in total. The number of rotatable bonds is 3. The monoisotopic (exact) mass is 312 g/mol. The molecule has 0 saturated carbocycles. The zero-order chi connectivity index (χ0) is 16.6. The maximum absolute atomic E-state index is 12.1. The molecule has 1 amide bonds. The smallest absolute Gasteiger partial charge is 0.331 e. The Kier molecular flexibility index (Phi) is 3.61. The molecular weight excluding hydrogens is 296 g/mol. The lowest BCUT2D eigenvalue weighted by Crippen LogP contribution is -2.38. The number of aryl methyl sites for hydroxylation is 1. The molecule has 0 saturated heterocycles. The molecule has 0 aliphatic rings. The lowest BCUT2D eigenvalue weighted by atomic mass is 10.2. The summed E-state index contributed by atoms with van der Waals surface area (Å²) in [5.74, 6) is -0.336. The van der Waals surface area contributed by atoms with Gasteiger partial charge in [-0.25, -0.2) is 4.79 Å². The highest BCUT2D eigenvalue weighted by Crippen LogP contribution is 2.19. The highest BCUT2D eigenvalue weighted by molar-refractivity contribution is 5.93. The summed E-state index contributed by atoms with van der Waals surface area (Å²) < 4.78 is 2.15. The first-order valence-electron chi connectivity index (χ1n) is 7.10. The normalized spacial score (nSPS) is 10.9. The zero-order valence-corrected chi connectivity index (χ0v) is 12.8. The van der Waals surface area contributed by atoms with Gasteiger partial charge in [0.05, 0.1) is 0 Å². The number of benzene rings is 1. The number of carbonyl (C=O) groups excluding carboxylic acids is 1. The van der Waals surface area contributed by atoms with Crippen LogP contribution in [-0.4, -0.2) is 20.0 Å². The number of hydrogen-bond donors (Lipinski definition) is 2. The first-order valence-corrected chi connectivity index (χ1v) is 7.10. The van der Waals surface area contributed by atoms with E-state index in [0.717, 1.165) is 21.2 Å². The molecule has 0 fully saturated rings. The van der Waals surface area contributed by atoms with Gasteiger partial charge in [0.25, 0.3) is 5.56 Å². The lowest BCUT2D eigenvalue weighted by Gasteiger charge is -2.08. The molecular formula is C16H16N4O3. The maximum atomic E-state index is 12.1. The van der Waals surface area contributed by atoms with E-state index in [-0.39, 0.29) is 12.5 Å². The predicted octanol–water partition coefficient (Wildman–Crippen LogP) is 0.975. The summed E-state index contributed by atoms with van der Waals surface area (Å²) >= 11 is 0. The Labute approximate surface area is 131 Å². The van der Waals surface area contributed by atoms with Crippen molar-refractivity contribution in [2.24, 2.45) is 7.05 Å². The molecule has 2 aromatic heterocycles. The van der Waals surface area contributed by atoms with Crippen LogP contribution in [0.4, 0.5) is 5.69 Å². The Morgan fingerprint density at radius 2 is 2.00 bits per heavy atom. The van der Waals surface area contributed by atoms with Crippen molar-refractivity contribution in [2.75, 3.05) is 5.32 Å². The number of carbonyl (C=O) groups is 1. The molecule has 1 aromatic carbocycles. The van der Waals surface area contributed by atoms with E-state index < -0.39 is 11.2 Å². The number of nitrogens with one attached hydrogen (secondary N) is 2. The van der Waals surface area contributed by atoms with Crippen molar-refractivity contribution in [1.82, 2.24) is 14.1 Å². The van der Waals surface area contributed by atoms with Gasteiger partial charge in [0, 0.05) is 41.6 Å². The van der Waals surface area contributed by atoms with Crippen LogP contribution in [0.1, 0.15) is 5.69 Å². The van der Waals surface area contributed by atoms with E-state index in [4.69, 9.17) is 0 Å². The van der Waals surface area contributed by atoms with Gasteiger partial charge in [-0.2, -0.15) is 0 Å². The summed E-state index contributed by atoms with van der Waals surface area (Å²) in [4.78, 5) is 38.6. The van der Waals surface area contributed by atoms with Crippen LogP contribution in [0.5, 0.6) is 0 Å². The quantitative estimate of drug-likeness (QED) is 0.755. The number of amides is 1. The summed E-state index contributed by atoms with van der Waals surface area (Å²) in [6.45, 7) is 1.81. The average Bonchev–Trinajstić information content (AvgIpc) is 2.87. The number of hydrogen-bond acceptors (Lipinski definition) is 3. The Morgan fingerprint density at radius 3 is 2.78 bits per heavy atom. The van der Waals surface area contributed by atoms with Gasteiger partial charge in [0.2, 0.25) is 5.91 Å². The molecule has 118 valence electrons. The average molecular weight is 312 g/mol. The number of aromatic amines is 1. The first-order chi connectivity index (χ1) is 10.9. The van der Waals surface area contributed by atoms with E-state index in [0.29, 0.717) is 5.69 Å². The molecule has 7 heteroatoms. The van der Waals surface area contributed by atoms with Crippen molar-refractivity contribution in [2.45, 2.75) is 13.5 Å². The summed E-state index contributed by atoms with van der Waals surface area (Å²) in [5.41, 5.74) is 1.76. The third-order valence-corrected chi connectivity index (χ3v) is 3.61. The van der Waals surface area contributed by atoms with Crippen LogP contribution in [-0.2, 0) is 18.4 Å². The van der Waals surface area contributed by atoms with Gasteiger partial charge in [-0.3, -0.25) is 18.7 Å². The van der Waals surface area contributed by atoms with Gasteiger partial charge >= 0.3 is 5.69 Å². The molecule has 0 radical (unpaired) electrons. The minimum Gasteiger partial charge on any atom is -0.359 e. The highest BCUT2D eigenvalue weighted by atomic mass is 16.2. The fourth-order valence-electron chi connectivity index (χ4n) is 2.45.